The van der Waals surface area contributed by atoms with Crippen LogP contribution in [-0.2, 0) is 17.9 Å². The van der Waals surface area contributed by atoms with Gasteiger partial charge in [0.25, 0.3) is 5.91 Å². The SMILES string of the molecule is CCOc1cc(CNCC(C)C)cc(CNc2ccc(Cl)cc2C(=O)Nc2ccc(C(=N)N)cc2)c1OCC(=O)O. The number of amides is 1. The molecule has 0 spiro atoms. The van der Waals surface area contributed by atoms with Gasteiger partial charge in [-0.3, -0.25) is 10.2 Å². The number of anilines is 2. The first-order chi connectivity index (χ1) is 19.6. The Morgan fingerprint density at radius 2 is 1.78 bits per heavy atom. The van der Waals surface area contributed by atoms with Gasteiger partial charge in [-0.15, -0.1) is 0 Å². The minimum absolute atomic E-state index is 0.0665. The van der Waals surface area contributed by atoms with E-state index >= 15 is 0 Å². The number of amidine groups is 1. The third-order valence-electron chi connectivity index (χ3n) is 5.86. The number of ether oxygens (including phenoxy) is 2. The molecule has 0 radical (unpaired) electrons. The van der Waals surface area contributed by atoms with Crippen molar-refractivity contribution in [1.29, 1.82) is 5.41 Å². The summed E-state index contributed by atoms with van der Waals surface area (Å²) in [4.78, 5) is 24.5. The number of carbonyl (C=O) groups is 2. The monoisotopic (exact) mass is 581 g/mol. The molecule has 0 aliphatic rings. The number of carboxylic acid groups (broad SMARTS) is 1. The Hall–Kier alpha value is -4.28. The van der Waals surface area contributed by atoms with Crippen LogP contribution in [0.5, 0.6) is 11.5 Å². The van der Waals surface area contributed by atoms with E-state index in [1.54, 1.807) is 42.5 Å². The maximum atomic E-state index is 13.2. The summed E-state index contributed by atoms with van der Waals surface area (Å²) in [7, 11) is 0. The standard InChI is InChI=1S/C30H36ClN5O5/c1-4-40-26-12-19(15-34-14-18(2)3)11-21(28(26)41-17-27(37)38)16-35-25-10-7-22(31)13-24(25)30(39)36-23-8-5-20(6-9-23)29(32)33/h5-13,18,34-35H,4,14-17H2,1-3H3,(H3,32,33)(H,36,39)(H,37,38). The van der Waals surface area contributed by atoms with Gasteiger partial charge < -0.3 is 36.3 Å². The maximum absolute atomic E-state index is 13.2. The average molecular weight is 582 g/mol. The molecule has 41 heavy (non-hydrogen) atoms. The molecule has 0 heterocycles. The van der Waals surface area contributed by atoms with Crippen LogP contribution < -0.4 is 31.2 Å². The van der Waals surface area contributed by atoms with E-state index in [1.165, 1.54) is 0 Å². The molecule has 3 aromatic rings. The number of hydrogen-bond acceptors (Lipinski definition) is 7. The Bertz CT molecular complexity index is 1380. The summed E-state index contributed by atoms with van der Waals surface area (Å²) in [6, 6.07) is 15.3. The molecule has 3 aromatic carbocycles. The Morgan fingerprint density at radius 3 is 2.41 bits per heavy atom. The quantitative estimate of drug-likeness (QED) is 0.107. The summed E-state index contributed by atoms with van der Waals surface area (Å²) in [5.41, 5.74) is 9.01. The number of nitrogens with two attached hydrogens (primary N) is 1. The molecule has 3 rings (SSSR count). The summed E-state index contributed by atoms with van der Waals surface area (Å²) < 4.78 is 11.5. The molecule has 0 aromatic heterocycles. The molecule has 11 heteroatoms. The average Bonchev–Trinajstić information content (AvgIpc) is 2.92. The maximum Gasteiger partial charge on any atom is 0.341 e. The fourth-order valence-corrected chi connectivity index (χ4v) is 4.17. The van der Waals surface area contributed by atoms with Gasteiger partial charge in [0.1, 0.15) is 5.84 Å². The van der Waals surface area contributed by atoms with E-state index in [-0.39, 0.29) is 12.4 Å². The number of hydrogen-bond donors (Lipinski definition) is 6. The number of nitrogen functional groups attached to an aromatic ring is 1. The Kier molecular flexibility index (Phi) is 11.4. The summed E-state index contributed by atoms with van der Waals surface area (Å²) in [6.07, 6.45) is 0. The van der Waals surface area contributed by atoms with E-state index in [0.29, 0.717) is 63.7 Å². The molecule has 0 atom stereocenters. The second kappa shape index (κ2) is 14.9. The van der Waals surface area contributed by atoms with Crippen LogP contribution in [0.2, 0.25) is 5.02 Å². The van der Waals surface area contributed by atoms with Crippen molar-refractivity contribution < 1.29 is 24.2 Å². The molecular formula is C30H36ClN5O5. The van der Waals surface area contributed by atoms with E-state index in [4.69, 9.17) is 32.2 Å². The van der Waals surface area contributed by atoms with Crippen molar-refractivity contribution in [2.24, 2.45) is 11.7 Å². The van der Waals surface area contributed by atoms with Gasteiger partial charge in [-0.1, -0.05) is 25.4 Å². The van der Waals surface area contributed by atoms with Crippen LogP contribution >= 0.6 is 11.6 Å². The molecule has 1 amide bonds. The molecule has 0 aliphatic carbocycles. The van der Waals surface area contributed by atoms with Gasteiger partial charge in [0.05, 0.1) is 12.2 Å². The molecule has 7 N–H and O–H groups in total. The highest BCUT2D eigenvalue weighted by molar-refractivity contribution is 6.31. The largest absolute Gasteiger partial charge is 0.490 e. The van der Waals surface area contributed by atoms with E-state index in [9.17, 15) is 14.7 Å². The number of rotatable bonds is 15. The minimum Gasteiger partial charge on any atom is -0.490 e. The molecular weight excluding hydrogens is 546 g/mol. The normalized spacial score (nSPS) is 10.8. The van der Waals surface area contributed by atoms with E-state index in [2.05, 4.69) is 29.8 Å². The summed E-state index contributed by atoms with van der Waals surface area (Å²) in [5.74, 6) is -0.334. The van der Waals surface area contributed by atoms with Crippen molar-refractivity contribution in [3.05, 3.63) is 81.9 Å². The minimum atomic E-state index is -1.11. The van der Waals surface area contributed by atoms with Gasteiger partial charge in [0, 0.05) is 40.6 Å². The summed E-state index contributed by atoms with van der Waals surface area (Å²) >= 11 is 6.24. The van der Waals surface area contributed by atoms with Gasteiger partial charge in [-0.05, 0) is 79.5 Å². The lowest BCUT2D eigenvalue weighted by atomic mass is 10.1. The number of aliphatic carboxylic acids is 1. The first kappa shape index (κ1) is 31.3. The molecule has 218 valence electrons. The van der Waals surface area contributed by atoms with Crippen LogP contribution in [0.3, 0.4) is 0 Å². The van der Waals surface area contributed by atoms with Crippen LogP contribution in [-0.4, -0.2) is 42.6 Å². The summed E-state index contributed by atoms with van der Waals surface area (Å²) in [5, 5.41) is 26.7. The highest BCUT2D eigenvalue weighted by Gasteiger charge is 2.18. The fraction of sp³-hybridized carbons (Fsp3) is 0.300. The third kappa shape index (κ3) is 9.40. The van der Waals surface area contributed by atoms with Crippen LogP contribution in [0.25, 0.3) is 0 Å². The lowest BCUT2D eigenvalue weighted by molar-refractivity contribution is -0.139. The molecule has 0 aliphatic heterocycles. The lowest BCUT2D eigenvalue weighted by Crippen LogP contribution is -2.20. The van der Waals surface area contributed by atoms with Gasteiger partial charge in [0.2, 0.25) is 0 Å². The van der Waals surface area contributed by atoms with Crippen molar-refractivity contribution in [3.63, 3.8) is 0 Å². The van der Waals surface area contributed by atoms with Crippen molar-refractivity contribution in [2.75, 3.05) is 30.4 Å². The topological polar surface area (TPSA) is 159 Å². The number of carbonyl (C=O) groups excluding carboxylic acids is 1. The van der Waals surface area contributed by atoms with Crippen LogP contribution in [0.1, 0.15) is 47.8 Å². The van der Waals surface area contributed by atoms with Gasteiger partial charge in [0.15, 0.2) is 18.1 Å². The lowest BCUT2D eigenvalue weighted by Gasteiger charge is -2.19. The van der Waals surface area contributed by atoms with Crippen molar-refractivity contribution in [3.8, 4) is 11.5 Å². The second-order valence-electron chi connectivity index (χ2n) is 9.71. The highest BCUT2D eigenvalue weighted by Crippen LogP contribution is 2.34. The van der Waals surface area contributed by atoms with Crippen LogP contribution in [0.15, 0.2) is 54.6 Å². The number of carboxylic acids is 1. The zero-order valence-corrected chi connectivity index (χ0v) is 24.1. The molecule has 10 nitrogen and oxygen atoms in total. The van der Waals surface area contributed by atoms with Gasteiger partial charge in [-0.25, -0.2) is 4.79 Å². The predicted octanol–water partition coefficient (Wildman–Crippen LogP) is 5.10. The number of nitrogens with one attached hydrogen (secondary N) is 4. The Morgan fingerprint density at radius 1 is 1.05 bits per heavy atom. The first-order valence-electron chi connectivity index (χ1n) is 13.2. The summed E-state index contributed by atoms with van der Waals surface area (Å²) in [6.45, 7) is 7.55. The van der Waals surface area contributed by atoms with Gasteiger partial charge in [-0.2, -0.15) is 0 Å². The number of benzene rings is 3. The molecule has 0 saturated heterocycles. The van der Waals surface area contributed by atoms with Crippen molar-refractivity contribution in [2.45, 2.75) is 33.9 Å². The van der Waals surface area contributed by atoms with Crippen molar-refractivity contribution in [1.82, 2.24) is 5.32 Å². The van der Waals surface area contributed by atoms with E-state index in [1.807, 2.05) is 19.1 Å². The Labute approximate surface area is 244 Å². The van der Waals surface area contributed by atoms with E-state index < -0.39 is 18.5 Å². The van der Waals surface area contributed by atoms with Crippen LogP contribution in [0.4, 0.5) is 11.4 Å². The van der Waals surface area contributed by atoms with Crippen molar-refractivity contribution >= 4 is 40.7 Å². The molecule has 0 unspecified atom stereocenters. The fourth-order valence-electron chi connectivity index (χ4n) is 4.00. The molecule has 0 saturated carbocycles. The second-order valence-corrected chi connectivity index (χ2v) is 10.1. The van der Waals surface area contributed by atoms with E-state index in [0.717, 1.165) is 12.1 Å². The smallest absolute Gasteiger partial charge is 0.341 e. The molecule has 0 bridgehead atoms. The highest BCUT2D eigenvalue weighted by atomic mass is 35.5. The predicted molar refractivity (Wildman–Crippen MR) is 161 cm³/mol. The Balaban J connectivity index is 1.89. The van der Waals surface area contributed by atoms with Crippen LogP contribution in [0, 0.1) is 11.3 Å². The zero-order chi connectivity index (χ0) is 29.9. The zero-order valence-electron chi connectivity index (χ0n) is 23.3. The first-order valence-corrected chi connectivity index (χ1v) is 13.6. The molecule has 0 fully saturated rings. The third-order valence-corrected chi connectivity index (χ3v) is 6.10. The van der Waals surface area contributed by atoms with Gasteiger partial charge >= 0.3 is 5.97 Å². The number of halogens is 1.